The van der Waals surface area contributed by atoms with Crippen molar-refractivity contribution in [2.45, 2.75) is 6.92 Å². The molecule has 0 spiro atoms. The van der Waals surface area contributed by atoms with E-state index in [0.717, 1.165) is 9.75 Å². The van der Waals surface area contributed by atoms with Crippen molar-refractivity contribution in [2.24, 2.45) is 0 Å². The number of amides is 1. The van der Waals surface area contributed by atoms with E-state index in [-0.39, 0.29) is 11.4 Å². The fraction of sp³-hybridized carbons (Fsp3) is 0.0476. The number of ketones is 1. The Morgan fingerprint density at radius 3 is 2.12 bits per heavy atom. The van der Waals surface area contributed by atoms with Crippen molar-refractivity contribution in [3.8, 4) is 0 Å². The van der Waals surface area contributed by atoms with E-state index in [4.69, 9.17) is 0 Å². The van der Waals surface area contributed by atoms with Gasteiger partial charge in [0.2, 0.25) is 0 Å². The summed E-state index contributed by atoms with van der Waals surface area (Å²) in [7, 11) is 0. The van der Waals surface area contributed by atoms with E-state index in [9.17, 15) is 9.59 Å². The number of anilines is 1. The highest BCUT2D eigenvalue weighted by molar-refractivity contribution is 7.12. The van der Waals surface area contributed by atoms with Gasteiger partial charge in [-0.3, -0.25) is 9.59 Å². The van der Waals surface area contributed by atoms with Crippen LogP contribution in [0.15, 0.2) is 78.4 Å². The van der Waals surface area contributed by atoms with Crippen LogP contribution in [0.5, 0.6) is 0 Å². The smallest absolute Gasteiger partial charge is 0.259 e. The molecule has 0 aliphatic carbocycles. The normalized spacial score (nSPS) is 11.2. The molecule has 2 aromatic carbocycles. The number of Topliss-reactive ketones (excluding diaryl/α,β-unsaturated/α-hetero) is 1. The topological polar surface area (TPSA) is 46.2 Å². The minimum atomic E-state index is -0.411. The number of nitrogens with one attached hydrogen (secondary N) is 1. The Bertz CT molecular complexity index is 911. The number of para-hydroxylation sites is 1. The van der Waals surface area contributed by atoms with Gasteiger partial charge in [0.15, 0.2) is 5.78 Å². The maximum absolute atomic E-state index is 12.9. The summed E-state index contributed by atoms with van der Waals surface area (Å²) in [5, 5.41) is 2.80. The summed E-state index contributed by atoms with van der Waals surface area (Å²) < 4.78 is 0. The molecule has 0 saturated carbocycles. The first-order chi connectivity index (χ1) is 12.1. The van der Waals surface area contributed by atoms with Crippen molar-refractivity contribution in [1.29, 1.82) is 0 Å². The molecule has 3 aromatic rings. The Balaban J connectivity index is 1.95. The van der Waals surface area contributed by atoms with Crippen LogP contribution in [0, 0.1) is 6.92 Å². The summed E-state index contributed by atoms with van der Waals surface area (Å²) in [6.07, 6.45) is 1.66. The SMILES string of the molecule is Cc1ccc(/C=C(/C(=O)Nc2ccccc2)C(=O)c2ccccc2)s1. The van der Waals surface area contributed by atoms with Gasteiger partial charge in [-0.05, 0) is 37.3 Å². The third-order valence-corrected chi connectivity index (χ3v) is 4.55. The van der Waals surface area contributed by atoms with Gasteiger partial charge in [-0.15, -0.1) is 11.3 Å². The van der Waals surface area contributed by atoms with E-state index in [1.54, 1.807) is 53.8 Å². The van der Waals surface area contributed by atoms with E-state index < -0.39 is 5.91 Å². The number of carbonyl (C=O) groups excluding carboxylic acids is 2. The van der Waals surface area contributed by atoms with Gasteiger partial charge in [-0.25, -0.2) is 0 Å². The molecule has 3 nitrogen and oxygen atoms in total. The van der Waals surface area contributed by atoms with Crippen molar-refractivity contribution < 1.29 is 9.59 Å². The predicted molar refractivity (Wildman–Crippen MR) is 103 cm³/mol. The zero-order valence-electron chi connectivity index (χ0n) is 13.7. The van der Waals surface area contributed by atoms with Gasteiger partial charge in [-0.1, -0.05) is 48.5 Å². The second-order valence-electron chi connectivity index (χ2n) is 5.52. The number of hydrogen-bond acceptors (Lipinski definition) is 3. The molecule has 0 saturated heterocycles. The van der Waals surface area contributed by atoms with Crippen molar-refractivity contribution in [2.75, 3.05) is 5.32 Å². The highest BCUT2D eigenvalue weighted by Crippen LogP contribution is 2.21. The van der Waals surface area contributed by atoms with Gasteiger partial charge in [0.25, 0.3) is 5.91 Å². The van der Waals surface area contributed by atoms with E-state index in [0.29, 0.717) is 11.3 Å². The summed E-state index contributed by atoms with van der Waals surface area (Å²) in [5.74, 6) is -0.703. The monoisotopic (exact) mass is 347 g/mol. The van der Waals surface area contributed by atoms with Gasteiger partial charge in [0.05, 0.1) is 5.57 Å². The Kier molecular flexibility index (Phi) is 5.21. The first kappa shape index (κ1) is 16.9. The fourth-order valence-electron chi connectivity index (χ4n) is 2.37. The lowest BCUT2D eigenvalue weighted by molar-refractivity contribution is -0.112. The molecule has 0 atom stereocenters. The first-order valence-corrected chi connectivity index (χ1v) is 8.69. The van der Waals surface area contributed by atoms with Gasteiger partial charge >= 0.3 is 0 Å². The number of rotatable bonds is 5. The van der Waals surface area contributed by atoms with Gasteiger partial charge < -0.3 is 5.32 Å². The second kappa shape index (κ2) is 7.73. The van der Waals surface area contributed by atoms with Crippen LogP contribution in [0.4, 0.5) is 5.69 Å². The molecular formula is C21H17NO2S. The number of carbonyl (C=O) groups is 2. The van der Waals surface area contributed by atoms with Crippen molar-refractivity contribution in [1.82, 2.24) is 0 Å². The zero-order valence-corrected chi connectivity index (χ0v) is 14.5. The minimum absolute atomic E-state index is 0.122. The molecule has 124 valence electrons. The van der Waals surface area contributed by atoms with Crippen LogP contribution < -0.4 is 5.32 Å². The highest BCUT2D eigenvalue weighted by Gasteiger charge is 2.20. The number of hydrogen-bond donors (Lipinski definition) is 1. The Morgan fingerprint density at radius 1 is 0.880 bits per heavy atom. The molecule has 0 fully saturated rings. The largest absolute Gasteiger partial charge is 0.322 e. The van der Waals surface area contributed by atoms with Crippen LogP contribution in [0.3, 0.4) is 0 Å². The molecule has 1 N–H and O–H groups in total. The third kappa shape index (κ3) is 4.31. The second-order valence-corrected chi connectivity index (χ2v) is 6.84. The van der Waals surface area contributed by atoms with Crippen molar-refractivity contribution >= 4 is 34.8 Å². The average Bonchev–Trinajstić information content (AvgIpc) is 3.05. The lowest BCUT2D eigenvalue weighted by atomic mass is 10.0. The van der Waals surface area contributed by atoms with Crippen LogP contribution in [0.1, 0.15) is 20.1 Å². The Morgan fingerprint density at radius 2 is 1.52 bits per heavy atom. The van der Waals surface area contributed by atoms with Gasteiger partial charge in [-0.2, -0.15) is 0 Å². The Labute approximate surface area is 150 Å². The number of benzene rings is 2. The minimum Gasteiger partial charge on any atom is -0.322 e. The number of aryl methyl sites for hydroxylation is 1. The highest BCUT2D eigenvalue weighted by atomic mass is 32.1. The lowest BCUT2D eigenvalue weighted by Crippen LogP contribution is -2.20. The van der Waals surface area contributed by atoms with E-state index in [1.165, 1.54) is 0 Å². The number of thiophene rings is 1. The van der Waals surface area contributed by atoms with Crippen molar-refractivity contribution in [3.63, 3.8) is 0 Å². The van der Waals surface area contributed by atoms with Crippen LogP contribution in [0.2, 0.25) is 0 Å². The standard InChI is InChI=1S/C21H17NO2S/c1-15-12-13-18(25-15)14-19(20(23)16-8-4-2-5-9-16)21(24)22-17-10-6-3-7-11-17/h2-14H,1H3,(H,22,24)/b19-14+. The van der Waals surface area contributed by atoms with Crippen LogP contribution >= 0.6 is 11.3 Å². The first-order valence-electron chi connectivity index (χ1n) is 7.88. The molecular weight excluding hydrogens is 330 g/mol. The molecule has 0 aliphatic rings. The fourth-order valence-corrected chi connectivity index (χ4v) is 3.19. The van der Waals surface area contributed by atoms with Gasteiger partial charge in [0, 0.05) is 21.0 Å². The quantitative estimate of drug-likeness (QED) is 0.307. The van der Waals surface area contributed by atoms with E-state index >= 15 is 0 Å². The molecule has 1 heterocycles. The van der Waals surface area contributed by atoms with E-state index in [2.05, 4.69) is 5.32 Å². The summed E-state index contributed by atoms with van der Waals surface area (Å²) in [6.45, 7) is 1.99. The lowest BCUT2D eigenvalue weighted by Gasteiger charge is -2.08. The molecule has 4 heteroatoms. The summed E-state index contributed by atoms with van der Waals surface area (Å²) in [4.78, 5) is 27.6. The van der Waals surface area contributed by atoms with Gasteiger partial charge in [0.1, 0.15) is 0 Å². The van der Waals surface area contributed by atoms with Crippen molar-refractivity contribution in [3.05, 3.63) is 93.7 Å². The molecule has 0 unspecified atom stereocenters. The molecule has 25 heavy (non-hydrogen) atoms. The molecule has 0 radical (unpaired) electrons. The molecule has 0 aliphatic heterocycles. The van der Waals surface area contributed by atoms with Crippen LogP contribution in [-0.4, -0.2) is 11.7 Å². The Hall–Kier alpha value is -2.98. The van der Waals surface area contributed by atoms with Crippen LogP contribution in [0.25, 0.3) is 6.08 Å². The summed E-state index contributed by atoms with van der Waals surface area (Å²) >= 11 is 1.54. The molecule has 0 bridgehead atoms. The maximum atomic E-state index is 12.9. The molecule has 3 rings (SSSR count). The average molecular weight is 347 g/mol. The predicted octanol–water partition coefficient (Wildman–Crippen LogP) is 4.96. The molecule has 1 aromatic heterocycles. The summed E-state index contributed by atoms with van der Waals surface area (Å²) in [5.41, 5.74) is 1.27. The zero-order chi connectivity index (χ0) is 17.6. The van der Waals surface area contributed by atoms with Crippen LogP contribution in [-0.2, 0) is 4.79 Å². The summed E-state index contributed by atoms with van der Waals surface area (Å²) in [6, 6.07) is 21.8. The van der Waals surface area contributed by atoms with E-state index in [1.807, 2.05) is 43.3 Å². The third-order valence-electron chi connectivity index (χ3n) is 3.60. The molecule has 1 amide bonds. The maximum Gasteiger partial charge on any atom is 0.259 e.